The van der Waals surface area contributed by atoms with Crippen LogP contribution in [0.15, 0.2) is 42.7 Å². The Morgan fingerprint density at radius 3 is 2.30 bits per heavy atom. The van der Waals surface area contributed by atoms with E-state index in [1.54, 1.807) is 0 Å². The summed E-state index contributed by atoms with van der Waals surface area (Å²) in [7, 11) is 0. The fourth-order valence-corrected chi connectivity index (χ4v) is 4.35. The molecule has 1 aliphatic heterocycles. The third kappa shape index (κ3) is 4.14. The van der Waals surface area contributed by atoms with Gasteiger partial charge in [-0.15, -0.1) is 0 Å². The van der Waals surface area contributed by atoms with E-state index in [1.807, 2.05) is 23.4 Å². The molecule has 2 heterocycles. The molecule has 4 heteroatoms. The Morgan fingerprint density at radius 1 is 1.03 bits per heavy atom. The molecule has 0 atom stereocenters. The number of hydrogen-bond donors (Lipinski definition) is 0. The molecule has 1 amide bonds. The molecule has 0 N–H and O–H groups in total. The van der Waals surface area contributed by atoms with Gasteiger partial charge in [-0.05, 0) is 79.0 Å². The molecule has 0 aliphatic carbocycles. The summed E-state index contributed by atoms with van der Waals surface area (Å²) in [6, 6.07) is 12.6. The first-order valence-electron chi connectivity index (χ1n) is 11.0. The van der Waals surface area contributed by atoms with E-state index < -0.39 is 0 Å². The normalized spacial score (nSPS) is 15.7. The van der Waals surface area contributed by atoms with Crippen molar-refractivity contribution in [3.05, 3.63) is 65.0 Å². The van der Waals surface area contributed by atoms with Gasteiger partial charge < -0.3 is 9.47 Å². The molecule has 4 rings (SSSR count). The van der Waals surface area contributed by atoms with E-state index in [9.17, 15) is 4.79 Å². The smallest absolute Gasteiger partial charge is 0.253 e. The maximum absolute atomic E-state index is 12.9. The number of benzene rings is 2. The largest absolute Gasteiger partial charge is 0.339 e. The first kappa shape index (κ1) is 20.6. The van der Waals surface area contributed by atoms with Crippen molar-refractivity contribution in [2.75, 3.05) is 13.1 Å². The summed E-state index contributed by atoms with van der Waals surface area (Å²) in [4.78, 5) is 19.5. The van der Waals surface area contributed by atoms with Gasteiger partial charge in [-0.2, -0.15) is 0 Å². The zero-order valence-corrected chi connectivity index (χ0v) is 18.9. The predicted molar refractivity (Wildman–Crippen MR) is 123 cm³/mol. The Labute approximate surface area is 179 Å². The topological polar surface area (TPSA) is 38.1 Å². The minimum atomic E-state index is 0.106. The molecule has 0 unspecified atom stereocenters. The lowest BCUT2D eigenvalue weighted by molar-refractivity contribution is 0.0683. The van der Waals surface area contributed by atoms with Crippen LogP contribution in [0.25, 0.3) is 11.0 Å². The van der Waals surface area contributed by atoms with Gasteiger partial charge in [0.05, 0.1) is 17.4 Å². The molecule has 1 fully saturated rings. The number of aromatic nitrogens is 2. The summed E-state index contributed by atoms with van der Waals surface area (Å²) >= 11 is 0. The van der Waals surface area contributed by atoms with Gasteiger partial charge in [-0.25, -0.2) is 4.98 Å². The number of piperidine rings is 1. The van der Waals surface area contributed by atoms with E-state index in [2.05, 4.69) is 68.4 Å². The second-order valence-electron chi connectivity index (χ2n) is 9.89. The highest BCUT2D eigenvalue weighted by Gasteiger charge is 2.24. The summed E-state index contributed by atoms with van der Waals surface area (Å²) < 4.78 is 2.29. The Bertz CT molecular complexity index is 1050. The number of imidazole rings is 1. The lowest BCUT2D eigenvalue weighted by Gasteiger charge is -2.32. The number of likely N-dealkylation sites (tertiary alicyclic amines) is 1. The first-order valence-corrected chi connectivity index (χ1v) is 11.0. The van der Waals surface area contributed by atoms with E-state index in [1.165, 1.54) is 22.2 Å². The van der Waals surface area contributed by atoms with Gasteiger partial charge in [-0.1, -0.05) is 32.9 Å². The van der Waals surface area contributed by atoms with Crippen LogP contribution in [0.4, 0.5) is 0 Å². The predicted octanol–water partition coefficient (Wildman–Crippen LogP) is 5.50. The highest BCUT2D eigenvalue weighted by atomic mass is 16.2. The van der Waals surface area contributed by atoms with Crippen LogP contribution >= 0.6 is 0 Å². The van der Waals surface area contributed by atoms with Crippen LogP contribution in [-0.4, -0.2) is 33.4 Å². The lowest BCUT2D eigenvalue weighted by atomic mass is 9.86. The minimum Gasteiger partial charge on any atom is -0.339 e. The second-order valence-corrected chi connectivity index (χ2v) is 9.89. The summed E-state index contributed by atoms with van der Waals surface area (Å²) in [5.74, 6) is 0.740. The fourth-order valence-electron chi connectivity index (χ4n) is 4.35. The van der Waals surface area contributed by atoms with Gasteiger partial charge >= 0.3 is 0 Å². The number of fused-ring (bicyclic) bond motifs is 1. The molecule has 1 aliphatic rings. The highest BCUT2D eigenvalue weighted by Crippen LogP contribution is 2.26. The van der Waals surface area contributed by atoms with Crippen LogP contribution < -0.4 is 0 Å². The summed E-state index contributed by atoms with van der Waals surface area (Å²) in [6.07, 6.45) is 4.05. The summed E-state index contributed by atoms with van der Waals surface area (Å²) in [5, 5.41) is 0. The molecule has 0 saturated carbocycles. The van der Waals surface area contributed by atoms with Crippen LogP contribution in [-0.2, 0) is 12.0 Å². The molecule has 0 spiro atoms. The number of aryl methyl sites for hydroxylation is 2. The van der Waals surface area contributed by atoms with Crippen molar-refractivity contribution in [1.82, 2.24) is 14.5 Å². The number of nitrogens with zero attached hydrogens (tertiary/aromatic N) is 3. The fraction of sp³-hybridized carbons (Fsp3) is 0.462. The molecule has 2 aromatic carbocycles. The summed E-state index contributed by atoms with van der Waals surface area (Å²) in [6.45, 7) is 13.5. The third-order valence-corrected chi connectivity index (χ3v) is 6.59. The first-order chi connectivity index (χ1) is 14.2. The number of carbonyl (C=O) groups is 1. The Morgan fingerprint density at radius 2 is 1.67 bits per heavy atom. The van der Waals surface area contributed by atoms with Crippen LogP contribution in [0, 0.1) is 19.8 Å². The van der Waals surface area contributed by atoms with Crippen LogP contribution in [0.1, 0.15) is 60.7 Å². The van der Waals surface area contributed by atoms with Crippen molar-refractivity contribution in [2.24, 2.45) is 5.92 Å². The number of carbonyl (C=O) groups excluding carboxylic acids is 1. The maximum Gasteiger partial charge on any atom is 0.253 e. The highest BCUT2D eigenvalue weighted by molar-refractivity contribution is 5.94. The van der Waals surface area contributed by atoms with E-state index in [0.717, 1.165) is 43.6 Å². The number of rotatable bonds is 3. The van der Waals surface area contributed by atoms with Crippen molar-refractivity contribution in [3.8, 4) is 0 Å². The monoisotopic (exact) mass is 403 g/mol. The average Bonchev–Trinajstić information content (AvgIpc) is 3.09. The quantitative estimate of drug-likeness (QED) is 0.579. The van der Waals surface area contributed by atoms with Crippen molar-refractivity contribution in [1.29, 1.82) is 0 Å². The zero-order valence-electron chi connectivity index (χ0n) is 18.9. The molecular weight excluding hydrogens is 370 g/mol. The third-order valence-electron chi connectivity index (χ3n) is 6.59. The molecular formula is C26H33N3O. The number of amides is 1. The summed E-state index contributed by atoms with van der Waals surface area (Å²) in [5.41, 5.74) is 7.05. The molecule has 1 saturated heterocycles. The Hall–Kier alpha value is -2.62. The number of hydrogen-bond acceptors (Lipinski definition) is 2. The van der Waals surface area contributed by atoms with Gasteiger partial charge in [0.2, 0.25) is 0 Å². The van der Waals surface area contributed by atoms with Gasteiger partial charge in [0, 0.05) is 25.2 Å². The molecule has 158 valence electrons. The molecule has 3 aromatic rings. The van der Waals surface area contributed by atoms with Crippen molar-refractivity contribution in [2.45, 2.75) is 59.4 Å². The SMILES string of the molecule is Cc1cc2ncn(CC3CCN(C(=O)c4ccc(C(C)(C)C)cc4)CC3)c2cc1C. The van der Waals surface area contributed by atoms with Crippen LogP contribution in [0.5, 0.6) is 0 Å². The van der Waals surface area contributed by atoms with Crippen molar-refractivity contribution in [3.63, 3.8) is 0 Å². The van der Waals surface area contributed by atoms with Gasteiger partial charge in [-0.3, -0.25) is 4.79 Å². The second kappa shape index (κ2) is 7.90. The molecule has 1 aromatic heterocycles. The average molecular weight is 404 g/mol. The van der Waals surface area contributed by atoms with Crippen molar-refractivity contribution < 1.29 is 4.79 Å². The van der Waals surface area contributed by atoms with Crippen LogP contribution in [0.3, 0.4) is 0 Å². The van der Waals surface area contributed by atoms with Gasteiger partial charge in [0.25, 0.3) is 5.91 Å². The maximum atomic E-state index is 12.9. The molecule has 0 radical (unpaired) electrons. The van der Waals surface area contributed by atoms with E-state index >= 15 is 0 Å². The molecule has 0 bridgehead atoms. The van der Waals surface area contributed by atoms with Crippen LogP contribution in [0.2, 0.25) is 0 Å². The zero-order chi connectivity index (χ0) is 21.5. The lowest BCUT2D eigenvalue weighted by Crippen LogP contribution is -2.39. The minimum absolute atomic E-state index is 0.106. The van der Waals surface area contributed by atoms with E-state index in [0.29, 0.717) is 5.92 Å². The Balaban J connectivity index is 1.38. The molecule has 4 nitrogen and oxygen atoms in total. The van der Waals surface area contributed by atoms with Gasteiger partial charge in [0.15, 0.2) is 0 Å². The molecule has 30 heavy (non-hydrogen) atoms. The van der Waals surface area contributed by atoms with Crippen molar-refractivity contribution >= 4 is 16.9 Å². The van der Waals surface area contributed by atoms with E-state index in [4.69, 9.17) is 0 Å². The van der Waals surface area contributed by atoms with E-state index in [-0.39, 0.29) is 11.3 Å². The Kier molecular flexibility index (Phi) is 5.44. The van der Waals surface area contributed by atoms with Gasteiger partial charge in [0.1, 0.15) is 0 Å². The standard InChI is InChI=1S/C26H33N3O/c1-18-14-23-24(15-19(18)2)29(17-27-23)16-20-10-12-28(13-11-20)25(30)21-6-8-22(9-7-21)26(3,4)5/h6-9,14-15,17,20H,10-13,16H2,1-5H3.